The highest BCUT2D eigenvalue weighted by Crippen LogP contribution is 2.11. The average Bonchev–Trinajstić information content (AvgIpc) is 2.34. The van der Waals surface area contributed by atoms with E-state index in [0.29, 0.717) is 13.0 Å². The second-order valence-corrected chi connectivity index (χ2v) is 5.55. The number of aryl methyl sites for hydroxylation is 1. The molecule has 0 saturated carbocycles. The fourth-order valence-electron chi connectivity index (χ4n) is 0.916. The normalized spacial score (nSPS) is 11.8. The van der Waals surface area contributed by atoms with Crippen LogP contribution in [0.1, 0.15) is 10.6 Å². The van der Waals surface area contributed by atoms with Gasteiger partial charge in [0.15, 0.2) is 0 Å². The number of nitrogens with zero attached hydrogens (tertiary/aromatic N) is 1. The van der Waals surface area contributed by atoms with Crippen molar-refractivity contribution in [1.82, 2.24) is 9.71 Å². The number of nitrogens with one attached hydrogen (secondary N) is 1. The molecule has 0 atom stereocenters. The van der Waals surface area contributed by atoms with E-state index in [-0.39, 0.29) is 0 Å². The Balaban J connectivity index is 2.41. The Labute approximate surface area is 82.1 Å². The van der Waals surface area contributed by atoms with Crippen molar-refractivity contribution in [2.75, 3.05) is 12.8 Å². The zero-order valence-electron chi connectivity index (χ0n) is 7.57. The van der Waals surface area contributed by atoms with E-state index in [1.807, 2.05) is 6.92 Å². The topological polar surface area (TPSA) is 59.1 Å². The Morgan fingerprint density at radius 3 is 2.77 bits per heavy atom. The molecule has 0 aliphatic carbocycles. The standard InChI is InChI=1S/C7H12N2O2S2/c1-6-7(12-5-8-6)3-4-9-13(2,10)11/h5,9H,3-4H2,1-2H3. The van der Waals surface area contributed by atoms with Crippen molar-refractivity contribution in [3.8, 4) is 0 Å². The first kappa shape index (κ1) is 10.6. The number of rotatable bonds is 4. The second kappa shape index (κ2) is 4.17. The van der Waals surface area contributed by atoms with Crippen molar-refractivity contribution in [2.45, 2.75) is 13.3 Å². The van der Waals surface area contributed by atoms with Crippen LogP contribution < -0.4 is 4.72 Å². The molecule has 1 aromatic rings. The van der Waals surface area contributed by atoms with Crippen LogP contribution in [0.2, 0.25) is 0 Å². The molecule has 0 fully saturated rings. The van der Waals surface area contributed by atoms with Gasteiger partial charge >= 0.3 is 0 Å². The molecule has 1 heterocycles. The predicted molar refractivity (Wildman–Crippen MR) is 53.4 cm³/mol. The van der Waals surface area contributed by atoms with Gasteiger partial charge in [0.05, 0.1) is 17.5 Å². The Morgan fingerprint density at radius 2 is 2.31 bits per heavy atom. The van der Waals surface area contributed by atoms with Crippen LogP contribution in [-0.2, 0) is 16.4 Å². The van der Waals surface area contributed by atoms with Crippen molar-refractivity contribution in [3.05, 3.63) is 16.1 Å². The van der Waals surface area contributed by atoms with Crippen molar-refractivity contribution in [2.24, 2.45) is 0 Å². The average molecular weight is 220 g/mol. The number of sulfonamides is 1. The summed E-state index contributed by atoms with van der Waals surface area (Å²) in [6.07, 6.45) is 1.87. The van der Waals surface area contributed by atoms with Gasteiger partial charge in [-0.25, -0.2) is 18.1 Å². The zero-order valence-corrected chi connectivity index (χ0v) is 9.20. The highest BCUT2D eigenvalue weighted by Gasteiger charge is 2.03. The molecule has 0 radical (unpaired) electrons. The summed E-state index contributed by atoms with van der Waals surface area (Å²) >= 11 is 1.55. The monoisotopic (exact) mass is 220 g/mol. The van der Waals surface area contributed by atoms with Gasteiger partial charge in [0.1, 0.15) is 0 Å². The Kier molecular flexibility index (Phi) is 3.40. The minimum atomic E-state index is -3.06. The van der Waals surface area contributed by atoms with Crippen LogP contribution in [0.5, 0.6) is 0 Å². The lowest BCUT2D eigenvalue weighted by Gasteiger charge is -2.00. The molecule has 1 N–H and O–H groups in total. The van der Waals surface area contributed by atoms with Crippen molar-refractivity contribution in [3.63, 3.8) is 0 Å². The second-order valence-electron chi connectivity index (χ2n) is 2.78. The predicted octanol–water partition coefficient (Wildman–Crippen LogP) is 0.543. The molecule has 13 heavy (non-hydrogen) atoms. The SMILES string of the molecule is Cc1ncsc1CCNS(C)(=O)=O. The molecule has 0 aromatic carbocycles. The molecule has 74 valence electrons. The van der Waals surface area contributed by atoms with Gasteiger partial charge in [-0.2, -0.15) is 0 Å². The Morgan fingerprint density at radius 1 is 1.62 bits per heavy atom. The molecule has 0 saturated heterocycles. The van der Waals surface area contributed by atoms with Gasteiger partial charge in [-0.15, -0.1) is 11.3 Å². The van der Waals surface area contributed by atoms with Crippen LogP contribution in [-0.4, -0.2) is 26.2 Å². The number of hydrogen-bond acceptors (Lipinski definition) is 4. The molecule has 0 spiro atoms. The zero-order chi connectivity index (χ0) is 9.90. The van der Waals surface area contributed by atoms with Crippen LogP contribution in [0.15, 0.2) is 5.51 Å². The van der Waals surface area contributed by atoms with Crippen LogP contribution in [0.25, 0.3) is 0 Å². The van der Waals surface area contributed by atoms with E-state index in [0.717, 1.165) is 16.8 Å². The number of hydrogen-bond donors (Lipinski definition) is 1. The van der Waals surface area contributed by atoms with E-state index in [9.17, 15) is 8.42 Å². The molecule has 0 unspecified atom stereocenters. The van der Waals surface area contributed by atoms with Crippen LogP contribution >= 0.6 is 11.3 Å². The lowest BCUT2D eigenvalue weighted by molar-refractivity contribution is 0.588. The van der Waals surface area contributed by atoms with Gasteiger partial charge in [0, 0.05) is 11.4 Å². The third kappa shape index (κ3) is 3.84. The lowest BCUT2D eigenvalue weighted by Crippen LogP contribution is -2.24. The van der Waals surface area contributed by atoms with Gasteiger partial charge in [0.25, 0.3) is 0 Å². The third-order valence-corrected chi connectivity index (χ3v) is 3.28. The largest absolute Gasteiger partial charge is 0.250 e. The van der Waals surface area contributed by atoms with E-state index in [4.69, 9.17) is 0 Å². The molecule has 4 nitrogen and oxygen atoms in total. The first-order valence-electron chi connectivity index (χ1n) is 3.82. The van der Waals surface area contributed by atoms with Gasteiger partial charge < -0.3 is 0 Å². The Hall–Kier alpha value is -0.460. The summed E-state index contributed by atoms with van der Waals surface area (Å²) < 4.78 is 23.9. The minimum absolute atomic E-state index is 0.446. The quantitative estimate of drug-likeness (QED) is 0.806. The maximum absolute atomic E-state index is 10.7. The highest BCUT2D eigenvalue weighted by molar-refractivity contribution is 7.88. The summed E-state index contributed by atoms with van der Waals surface area (Å²) in [6.45, 7) is 2.37. The van der Waals surface area contributed by atoms with Crippen LogP contribution in [0.3, 0.4) is 0 Å². The van der Waals surface area contributed by atoms with Gasteiger partial charge in [-0.1, -0.05) is 0 Å². The summed E-state index contributed by atoms with van der Waals surface area (Å²) in [4.78, 5) is 5.21. The van der Waals surface area contributed by atoms with E-state index < -0.39 is 10.0 Å². The fraction of sp³-hybridized carbons (Fsp3) is 0.571. The molecular formula is C7H12N2O2S2. The van der Waals surface area contributed by atoms with E-state index in [1.54, 1.807) is 16.8 Å². The number of aromatic nitrogens is 1. The molecule has 0 amide bonds. The maximum atomic E-state index is 10.7. The van der Waals surface area contributed by atoms with Gasteiger partial charge in [-0.3, -0.25) is 0 Å². The highest BCUT2D eigenvalue weighted by atomic mass is 32.2. The fourth-order valence-corrected chi connectivity index (χ4v) is 2.17. The molecule has 0 bridgehead atoms. The van der Waals surface area contributed by atoms with Crippen molar-refractivity contribution in [1.29, 1.82) is 0 Å². The molecule has 0 aliphatic heterocycles. The van der Waals surface area contributed by atoms with Crippen molar-refractivity contribution >= 4 is 21.4 Å². The first-order valence-corrected chi connectivity index (χ1v) is 6.60. The molecular weight excluding hydrogens is 208 g/mol. The summed E-state index contributed by atoms with van der Waals surface area (Å²) in [6, 6.07) is 0. The van der Waals surface area contributed by atoms with Crippen LogP contribution in [0.4, 0.5) is 0 Å². The lowest BCUT2D eigenvalue weighted by atomic mass is 10.3. The summed E-state index contributed by atoms with van der Waals surface area (Å²) in [5.74, 6) is 0. The van der Waals surface area contributed by atoms with Gasteiger partial charge in [-0.05, 0) is 13.3 Å². The smallest absolute Gasteiger partial charge is 0.208 e. The number of thiazole rings is 1. The summed E-state index contributed by atoms with van der Waals surface area (Å²) in [7, 11) is -3.06. The third-order valence-electron chi connectivity index (χ3n) is 1.56. The van der Waals surface area contributed by atoms with Crippen LogP contribution in [0, 0.1) is 6.92 Å². The summed E-state index contributed by atoms with van der Waals surface area (Å²) in [5, 5.41) is 0. The molecule has 1 rings (SSSR count). The minimum Gasteiger partial charge on any atom is -0.250 e. The van der Waals surface area contributed by atoms with Crippen molar-refractivity contribution < 1.29 is 8.42 Å². The van der Waals surface area contributed by atoms with E-state index in [1.165, 1.54) is 0 Å². The molecule has 1 aromatic heterocycles. The summed E-state index contributed by atoms with van der Waals surface area (Å²) in [5.41, 5.74) is 2.76. The first-order chi connectivity index (χ1) is 5.99. The van der Waals surface area contributed by atoms with Gasteiger partial charge in [0.2, 0.25) is 10.0 Å². The molecule has 0 aliphatic rings. The Bertz CT molecular complexity index is 370. The maximum Gasteiger partial charge on any atom is 0.208 e. The van der Waals surface area contributed by atoms with E-state index >= 15 is 0 Å². The molecule has 6 heteroatoms. The van der Waals surface area contributed by atoms with E-state index in [2.05, 4.69) is 9.71 Å².